The van der Waals surface area contributed by atoms with Crippen molar-refractivity contribution < 1.29 is 9.53 Å². The molecule has 2 aliphatic rings. The zero-order valence-corrected chi connectivity index (χ0v) is 12.2. The van der Waals surface area contributed by atoms with Crippen molar-refractivity contribution in [2.45, 2.75) is 76.2 Å². The average molecular weight is 267 g/mol. The molecule has 1 spiro atoms. The average Bonchev–Trinajstić information content (AvgIpc) is 2.44. The van der Waals surface area contributed by atoms with Gasteiger partial charge in [0.2, 0.25) is 0 Å². The Morgan fingerprint density at radius 1 is 1.16 bits per heavy atom. The largest absolute Gasteiger partial charge is 0.375 e. The summed E-state index contributed by atoms with van der Waals surface area (Å²) in [5.41, 5.74) is 5.54. The highest BCUT2D eigenvalue weighted by atomic mass is 16.5. The van der Waals surface area contributed by atoms with E-state index in [1.165, 1.54) is 32.1 Å². The molecule has 0 radical (unpaired) electrons. The highest BCUT2D eigenvalue weighted by Crippen LogP contribution is 2.41. The van der Waals surface area contributed by atoms with E-state index in [1.54, 1.807) is 0 Å². The molecule has 0 amide bonds. The fraction of sp³-hybridized carbons (Fsp3) is 0.938. The van der Waals surface area contributed by atoms with Gasteiger partial charge in [-0.25, -0.2) is 0 Å². The second kappa shape index (κ2) is 7.39. The lowest BCUT2D eigenvalue weighted by Gasteiger charge is -2.43. The SMILES string of the molecule is NCCCCCC(=O)C1CCOC2(CCCCC2)C1. The molecule has 2 fully saturated rings. The topological polar surface area (TPSA) is 52.3 Å². The van der Waals surface area contributed by atoms with Crippen molar-refractivity contribution in [1.29, 1.82) is 0 Å². The highest BCUT2D eigenvalue weighted by Gasteiger charge is 2.40. The summed E-state index contributed by atoms with van der Waals surface area (Å²) in [5.74, 6) is 0.745. The van der Waals surface area contributed by atoms with Crippen LogP contribution in [0.3, 0.4) is 0 Å². The first-order chi connectivity index (χ1) is 9.26. The van der Waals surface area contributed by atoms with Crippen LogP contribution >= 0.6 is 0 Å². The van der Waals surface area contributed by atoms with Crippen LogP contribution in [0.25, 0.3) is 0 Å². The van der Waals surface area contributed by atoms with Crippen molar-refractivity contribution in [3.05, 3.63) is 0 Å². The van der Waals surface area contributed by atoms with E-state index in [1.807, 2.05) is 0 Å². The smallest absolute Gasteiger partial charge is 0.136 e. The Balaban J connectivity index is 1.78. The molecule has 3 nitrogen and oxygen atoms in total. The normalized spacial score (nSPS) is 26.5. The van der Waals surface area contributed by atoms with E-state index in [4.69, 9.17) is 10.5 Å². The second-order valence-corrected chi connectivity index (χ2v) is 6.35. The lowest BCUT2D eigenvalue weighted by molar-refractivity contribution is -0.143. The quantitative estimate of drug-likeness (QED) is 0.752. The van der Waals surface area contributed by atoms with Crippen LogP contribution in [-0.2, 0) is 9.53 Å². The fourth-order valence-corrected chi connectivity index (χ4v) is 3.67. The van der Waals surface area contributed by atoms with Gasteiger partial charge in [-0.15, -0.1) is 0 Å². The van der Waals surface area contributed by atoms with Gasteiger partial charge in [0.15, 0.2) is 0 Å². The van der Waals surface area contributed by atoms with E-state index in [0.717, 1.165) is 51.7 Å². The Kier molecular flexibility index (Phi) is 5.83. The first-order valence-electron chi connectivity index (χ1n) is 8.12. The van der Waals surface area contributed by atoms with E-state index < -0.39 is 0 Å². The Morgan fingerprint density at radius 3 is 2.68 bits per heavy atom. The molecule has 2 rings (SSSR count). The fourth-order valence-electron chi connectivity index (χ4n) is 3.67. The first kappa shape index (κ1) is 15.0. The van der Waals surface area contributed by atoms with Crippen molar-refractivity contribution in [2.24, 2.45) is 11.7 Å². The van der Waals surface area contributed by atoms with Crippen LogP contribution in [0, 0.1) is 5.92 Å². The molecule has 1 heterocycles. The molecule has 110 valence electrons. The van der Waals surface area contributed by atoms with E-state index in [9.17, 15) is 4.79 Å². The maximum atomic E-state index is 12.3. The van der Waals surface area contributed by atoms with Gasteiger partial charge in [0.25, 0.3) is 0 Å². The molecule has 3 heteroatoms. The minimum atomic E-state index is 0.0636. The molecule has 1 atom stereocenters. The third kappa shape index (κ3) is 4.28. The molecule has 1 aliphatic carbocycles. The molecule has 1 saturated carbocycles. The van der Waals surface area contributed by atoms with Crippen molar-refractivity contribution >= 4 is 5.78 Å². The van der Waals surface area contributed by atoms with E-state index in [2.05, 4.69) is 0 Å². The number of carbonyl (C=O) groups is 1. The number of unbranched alkanes of at least 4 members (excludes halogenated alkanes) is 2. The van der Waals surface area contributed by atoms with Gasteiger partial charge in [-0.2, -0.15) is 0 Å². The first-order valence-corrected chi connectivity index (χ1v) is 8.12. The number of Topliss-reactive ketones (excluding diaryl/α,β-unsaturated/α-hetero) is 1. The number of ketones is 1. The molecule has 19 heavy (non-hydrogen) atoms. The van der Waals surface area contributed by atoms with E-state index in [0.29, 0.717) is 5.78 Å². The van der Waals surface area contributed by atoms with E-state index >= 15 is 0 Å². The number of ether oxygens (including phenoxy) is 1. The third-order valence-corrected chi connectivity index (χ3v) is 4.84. The standard InChI is InChI=1S/C16H29NO2/c17-11-6-1-3-7-15(18)14-8-12-19-16(13-14)9-4-2-5-10-16/h14H,1-13,17H2. The van der Waals surface area contributed by atoms with Gasteiger partial charge in [0, 0.05) is 18.9 Å². The van der Waals surface area contributed by atoms with Crippen LogP contribution in [0.1, 0.15) is 70.6 Å². The predicted molar refractivity (Wildman–Crippen MR) is 77.0 cm³/mol. The summed E-state index contributed by atoms with van der Waals surface area (Å²) in [6.45, 7) is 1.54. The molecule has 0 bridgehead atoms. The summed E-state index contributed by atoms with van der Waals surface area (Å²) in [7, 11) is 0. The summed E-state index contributed by atoms with van der Waals surface area (Å²) < 4.78 is 6.06. The number of carbonyl (C=O) groups excluding carboxylic acids is 1. The van der Waals surface area contributed by atoms with Gasteiger partial charge < -0.3 is 10.5 Å². The Bertz CT molecular complexity index is 279. The van der Waals surface area contributed by atoms with Crippen molar-refractivity contribution in [2.75, 3.05) is 13.2 Å². The van der Waals surface area contributed by atoms with Gasteiger partial charge >= 0.3 is 0 Å². The molecule has 0 aromatic rings. The number of nitrogens with two attached hydrogens (primary N) is 1. The summed E-state index contributed by atoms with van der Waals surface area (Å²) in [6.07, 6.45) is 12.1. The van der Waals surface area contributed by atoms with Crippen LogP contribution in [0.15, 0.2) is 0 Å². The van der Waals surface area contributed by atoms with Gasteiger partial charge in [0.1, 0.15) is 5.78 Å². The zero-order chi connectivity index (χ0) is 13.6. The van der Waals surface area contributed by atoms with Crippen LogP contribution < -0.4 is 5.73 Å². The van der Waals surface area contributed by atoms with Crippen LogP contribution in [0.5, 0.6) is 0 Å². The zero-order valence-electron chi connectivity index (χ0n) is 12.2. The molecular formula is C16H29NO2. The van der Waals surface area contributed by atoms with Crippen molar-refractivity contribution in [3.63, 3.8) is 0 Å². The van der Waals surface area contributed by atoms with Gasteiger partial charge in [0.05, 0.1) is 5.60 Å². The summed E-state index contributed by atoms with van der Waals surface area (Å²) in [4.78, 5) is 12.3. The highest BCUT2D eigenvalue weighted by molar-refractivity contribution is 5.81. The van der Waals surface area contributed by atoms with E-state index in [-0.39, 0.29) is 11.5 Å². The summed E-state index contributed by atoms with van der Waals surface area (Å²) in [6, 6.07) is 0. The maximum Gasteiger partial charge on any atom is 0.136 e. The molecule has 2 N–H and O–H groups in total. The van der Waals surface area contributed by atoms with Crippen molar-refractivity contribution in [3.8, 4) is 0 Å². The number of hydrogen-bond acceptors (Lipinski definition) is 3. The molecular weight excluding hydrogens is 238 g/mol. The third-order valence-electron chi connectivity index (χ3n) is 4.84. The number of hydrogen-bond donors (Lipinski definition) is 1. The Hall–Kier alpha value is -0.410. The lowest BCUT2D eigenvalue weighted by atomic mass is 9.74. The van der Waals surface area contributed by atoms with Crippen LogP contribution in [0.4, 0.5) is 0 Å². The summed E-state index contributed by atoms with van der Waals surface area (Å²) in [5, 5.41) is 0. The maximum absolute atomic E-state index is 12.3. The minimum absolute atomic E-state index is 0.0636. The minimum Gasteiger partial charge on any atom is -0.375 e. The molecule has 1 unspecified atom stereocenters. The van der Waals surface area contributed by atoms with Gasteiger partial charge in [-0.05, 0) is 45.1 Å². The predicted octanol–water partition coefficient (Wildman–Crippen LogP) is 3.20. The monoisotopic (exact) mass is 267 g/mol. The number of rotatable bonds is 6. The molecule has 0 aromatic heterocycles. The molecule has 0 aromatic carbocycles. The van der Waals surface area contributed by atoms with Crippen molar-refractivity contribution in [1.82, 2.24) is 0 Å². The Labute approximate surface area is 117 Å². The second-order valence-electron chi connectivity index (χ2n) is 6.35. The molecule has 1 aliphatic heterocycles. The lowest BCUT2D eigenvalue weighted by Crippen LogP contribution is -2.43. The summed E-state index contributed by atoms with van der Waals surface area (Å²) >= 11 is 0. The van der Waals surface area contributed by atoms with Gasteiger partial charge in [-0.1, -0.05) is 25.7 Å². The molecule has 1 saturated heterocycles. The van der Waals surface area contributed by atoms with Crippen LogP contribution in [0.2, 0.25) is 0 Å². The van der Waals surface area contributed by atoms with Crippen LogP contribution in [-0.4, -0.2) is 24.5 Å². The van der Waals surface area contributed by atoms with Gasteiger partial charge in [-0.3, -0.25) is 4.79 Å². The Morgan fingerprint density at radius 2 is 1.95 bits per heavy atom.